The summed E-state index contributed by atoms with van der Waals surface area (Å²) in [6.45, 7) is 0.0749. The summed E-state index contributed by atoms with van der Waals surface area (Å²) in [5.41, 5.74) is 0.413. The van der Waals surface area contributed by atoms with E-state index < -0.39 is 11.8 Å². The lowest BCUT2D eigenvalue weighted by molar-refractivity contribution is 0.0697. The van der Waals surface area contributed by atoms with Crippen LogP contribution in [0, 0.1) is 5.82 Å². The first-order valence-corrected chi connectivity index (χ1v) is 6.10. The van der Waals surface area contributed by atoms with Crippen LogP contribution in [0.5, 0.6) is 5.75 Å². The molecule has 3 N–H and O–H groups in total. The van der Waals surface area contributed by atoms with Crippen LogP contribution in [0.4, 0.5) is 10.1 Å². The lowest BCUT2D eigenvalue weighted by Crippen LogP contribution is -2.05. The van der Waals surface area contributed by atoms with Gasteiger partial charge in [-0.3, -0.25) is 0 Å². The monoisotopic (exact) mass is 295 g/mol. The van der Waals surface area contributed by atoms with Gasteiger partial charge < -0.3 is 15.5 Å². The Hall–Kier alpha value is -2.27. The summed E-state index contributed by atoms with van der Waals surface area (Å²) in [5, 5.41) is 21.6. The number of hydrogen-bond acceptors (Lipinski definition) is 3. The molecule has 0 aromatic heterocycles. The quantitative estimate of drug-likeness (QED) is 0.807. The number of phenols is 1. The molecule has 0 bridgehead atoms. The minimum absolute atomic E-state index is 0.0141. The molecule has 2 aromatic rings. The van der Waals surface area contributed by atoms with Gasteiger partial charge in [-0.1, -0.05) is 17.7 Å². The molecule has 0 fully saturated rings. The first-order valence-electron chi connectivity index (χ1n) is 5.72. The van der Waals surface area contributed by atoms with Crippen molar-refractivity contribution in [3.63, 3.8) is 0 Å². The normalized spacial score (nSPS) is 10.3. The van der Waals surface area contributed by atoms with E-state index >= 15 is 0 Å². The number of hydrogen-bond donors (Lipinski definition) is 3. The molecule has 0 spiro atoms. The van der Waals surface area contributed by atoms with Crippen LogP contribution in [0.15, 0.2) is 36.4 Å². The number of carbonyl (C=O) groups is 1. The predicted octanol–water partition coefficient (Wildman–Crippen LogP) is 3.50. The zero-order valence-corrected chi connectivity index (χ0v) is 11.0. The number of rotatable bonds is 4. The molecule has 104 valence electrons. The van der Waals surface area contributed by atoms with Crippen molar-refractivity contribution in [3.05, 3.63) is 58.4 Å². The second kappa shape index (κ2) is 5.79. The molecule has 20 heavy (non-hydrogen) atoms. The summed E-state index contributed by atoms with van der Waals surface area (Å²) in [7, 11) is 0. The molecule has 0 amide bonds. The van der Waals surface area contributed by atoms with Crippen molar-refractivity contribution in [2.45, 2.75) is 6.54 Å². The fourth-order valence-electron chi connectivity index (χ4n) is 1.70. The van der Waals surface area contributed by atoms with Crippen molar-refractivity contribution in [1.29, 1.82) is 0 Å². The van der Waals surface area contributed by atoms with Gasteiger partial charge in [-0.15, -0.1) is 0 Å². The Kier molecular flexibility index (Phi) is 4.10. The van der Waals surface area contributed by atoms with E-state index in [0.717, 1.165) is 6.07 Å². The van der Waals surface area contributed by atoms with Crippen molar-refractivity contribution in [1.82, 2.24) is 0 Å². The summed E-state index contributed by atoms with van der Waals surface area (Å²) in [6, 6.07) is 8.08. The van der Waals surface area contributed by atoms with E-state index in [9.17, 15) is 14.3 Å². The van der Waals surface area contributed by atoms with Crippen LogP contribution in [-0.4, -0.2) is 16.2 Å². The van der Waals surface area contributed by atoms with Gasteiger partial charge in [0, 0.05) is 17.1 Å². The van der Waals surface area contributed by atoms with Gasteiger partial charge in [-0.05, 0) is 30.3 Å². The van der Waals surface area contributed by atoms with Crippen molar-refractivity contribution < 1.29 is 19.4 Å². The minimum atomic E-state index is -1.14. The van der Waals surface area contributed by atoms with Crippen LogP contribution in [-0.2, 0) is 6.54 Å². The lowest BCUT2D eigenvalue weighted by Gasteiger charge is -2.11. The third-order valence-corrected chi connectivity index (χ3v) is 3.12. The molecule has 0 unspecified atom stereocenters. The third kappa shape index (κ3) is 3.00. The van der Waals surface area contributed by atoms with E-state index in [4.69, 9.17) is 16.7 Å². The first-order chi connectivity index (χ1) is 9.49. The number of anilines is 1. The molecular weight excluding hydrogens is 285 g/mol. The number of carboxylic acid groups (broad SMARTS) is 1. The highest BCUT2D eigenvalue weighted by Crippen LogP contribution is 2.26. The van der Waals surface area contributed by atoms with Crippen LogP contribution in [0.2, 0.25) is 5.02 Å². The fourth-order valence-corrected chi connectivity index (χ4v) is 1.94. The Morgan fingerprint density at radius 3 is 2.70 bits per heavy atom. The largest absolute Gasteiger partial charge is 0.508 e. The van der Waals surface area contributed by atoms with Crippen LogP contribution >= 0.6 is 11.6 Å². The van der Waals surface area contributed by atoms with Crippen LogP contribution in [0.3, 0.4) is 0 Å². The van der Waals surface area contributed by atoms with E-state index in [2.05, 4.69) is 5.32 Å². The highest BCUT2D eigenvalue weighted by atomic mass is 35.5. The maximum absolute atomic E-state index is 13.6. The molecule has 4 nitrogen and oxygen atoms in total. The van der Waals surface area contributed by atoms with E-state index in [1.807, 2.05) is 0 Å². The molecule has 2 aromatic carbocycles. The molecule has 0 aliphatic carbocycles. The van der Waals surface area contributed by atoms with Crippen LogP contribution in [0.1, 0.15) is 15.9 Å². The fraction of sp³-hybridized carbons (Fsp3) is 0.0714. The van der Waals surface area contributed by atoms with Crippen molar-refractivity contribution in [2.75, 3.05) is 5.32 Å². The number of aromatic hydroxyl groups is 1. The Morgan fingerprint density at radius 2 is 2.05 bits per heavy atom. The molecule has 2 rings (SSSR count). The molecule has 0 radical (unpaired) electrons. The number of phenolic OH excluding ortho intramolecular Hbond substituents is 1. The zero-order valence-electron chi connectivity index (χ0n) is 10.2. The molecule has 0 aliphatic rings. The highest BCUT2D eigenvalue weighted by Gasteiger charge is 2.10. The van der Waals surface area contributed by atoms with Gasteiger partial charge in [0.05, 0.1) is 11.3 Å². The number of halogens is 2. The second-order valence-corrected chi connectivity index (χ2v) is 4.50. The second-order valence-electron chi connectivity index (χ2n) is 4.09. The minimum Gasteiger partial charge on any atom is -0.508 e. The van der Waals surface area contributed by atoms with Crippen molar-refractivity contribution in [3.8, 4) is 5.75 Å². The summed E-state index contributed by atoms with van der Waals surface area (Å²) in [4.78, 5) is 10.8. The zero-order chi connectivity index (χ0) is 14.7. The molecule has 0 saturated heterocycles. The highest BCUT2D eigenvalue weighted by molar-refractivity contribution is 6.31. The van der Waals surface area contributed by atoms with Gasteiger partial charge in [0.1, 0.15) is 11.6 Å². The molecule has 0 aliphatic heterocycles. The SMILES string of the molecule is O=C(O)c1ccc(F)c(NCc2c(O)cccc2Cl)c1. The molecule has 6 heteroatoms. The van der Waals surface area contributed by atoms with Gasteiger partial charge in [-0.25, -0.2) is 9.18 Å². The Labute approximate surface area is 119 Å². The number of nitrogens with one attached hydrogen (secondary N) is 1. The maximum atomic E-state index is 13.6. The Balaban J connectivity index is 2.23. The van der Waals surface area contributed by atoms with Gasteiger partial charge in [0.15, 0.2) is 0 Å². The summed E-state index contributed by atoms with van der Waals surface area (Å²) in [6.07, 6.45) is 0. The lowest BCUT2D eigenvalue weighted by atomic mass is 10.1. The maximum Gasteiger partial charge on any atom is 0.335 e. The van der Waals surface area contributed by atoms with E-state index in [-0.39, 0.29) is 23.5 Å². The van der Waals surface area contributed by atoms with Crippen LogP contribution in [0.25, 0.3) is 0 Å². The molecular formula is C14H11ClFNO3. The predicted molar refractivity (Wildman–Crippen MR) is 73.8 cm³/mol. The van der Waals surface area contributed by atoms with Gasteiger partial charge in [0.25, 0.3) is 0 Å². The average molecular weight is 296 g/mol. The smallest absolute Gasteiger partial charge is 0.335 e. The Bertz CT molecular complexity index is 641. The third-order valence-electron chi connectivity index (χ3n) is 2.76. The van der Waals surface area contributed by atoms with Gasteiger partial charge in [-0.2, -0.15) is 0 Å². The number of benzene rings is 2. The average Bonchev–Trinajstić information content (AvgIpc) is 2.39. The van der Waals surface area contributed by atoms with E-state index in [1.165, 1.54) is 18.2 Å². The van der Waals surface area contributed by atoms with E-state index in [0.29, 0.717) is 10.6 Å². The molecule has 0 heterocycles. The number of carboxylic acids is 1. The summed E-state index contributed by atoms with van der Waals surface area (Å²) < 4.78 is 13.6. The van der Waals surface area contributed by atoms with Gasteiger partial charge in [0.2, 0.25) is 0 Å². The molecule has 0 saturated carbocycles. The molecule has 0 atom stereocenters. The first kappa shape index (κ1) is 14.1. The standard InChI is InChI=1S/C14H11ClFNO3/c15-10-2-1-3-13(18)9(10)7-17-12-6-8(14(19)20)4-5-11(12)16/h1-6,17-18H,7H2,(H,19,20). The number of aromatic carboxylic acids is 1. The summed E-state index contributed by atoms with van der Waals surface area (Å²) in [5.74, 6) is -1.74. The van der Waals surface area contributed by atoms with E-state index in [1.54, 1.807) is 12.1 Å². The van der Waals surface area contributed by atoms with Crippen molar-refractivity contribution in [2.24, 2.45) is 0 Å². The van der Waals surface area contributed by atoms with Crippen LogP contribution < -0.4 is 5.32 Å². The Morgan fingerprint density at radius 1 is 1.30 bits per heavy atom. The summed E-state index contributed by atoms with van der Waals surface area (Å²) >= 11 is 5.93. The van der Waals surface area contributed by atoms with Gasteiger partial charge >= 0.3 is 5.97 Å². The van der Waals surface area contributed by atoms with Crippen molar-refractivity contribution >= 4 is 23.3 Å². The topological polar surface area (TPSA) is 69.6 Å².